The lowest BCUT2D eigenvalue weighted by molar-refractivity contribution is -0.000864. The molecule has 2 heterocycles. The second-order valence-electron chi connectivity index (χ2n) is 7.74. The maximum atomic E-state index is 13.4. The number of benzene rings is 1. The van der Waals surface area contributed by atoms with Crippen LogP contribution in [0.3, 0.4) is 0 Å². The van der Waals surface area contributed by atoms with Gasteiger partial charge in [0.1, 0.15) is 11.6 Å². The second-order valence-corrected chi connectivity index (χ2v) is 7.74. The topological polar surface area (TPSA) is 43.8 Å². The molecular formula is C19H24F2N2O2. The van der Waals surface area contributed by atoms with E-state index in [1.807, 2.05) is 0 Å². The summed E-state index contributed by atoms with van der Waals surface area (Å²) in [5.41, 5.74) is 0.0628. The van der Waals surface area contributed by atoms with Gasteiger partial charge >= 0.3 is 0 Å². The standard InChI is InChI=1S/C19H24F2N2O2/c20-15-5-12(6-16(21)9-15)19(25)23-10-13-7-17(22-3-1-2-4-22)18(24)8-14(13)11-23/h5-6,9,13-14,17-18,24H,1-4,7-8,10-11H2/t13-,14+,17-,18-/m1/s1. The number of rotatable bonds is 2. The van der Waals surface area contributed by atoms with Crippen LogP contribution in [0.25, 0.3) is 0 Å². The molecule has 1 amide bonds. The number of carbonyl (C=O) groups excluding carboxylic acids is 1. The quantitative estimate of drug-likeness (QED) is 0.890. The van der Waals surface area contributed by atoms with Gasteiger partial charge in [-0.25, -0.2) is 8.78 Å². The first-order valence-corrected chi connectivity index (χ1v) is 9.19. The Kier molecular flexibility index (Phi) is 4.50. The van der Waals surface area contributed by atoms with Crippen molar-refractivity contribution >= 4 is 5.91 Å². The van der Waals surface area contributed by atoms with Crippen molar-refractivity contribution in [2.45, 2.75) is 37.8 Å². The Labute approximate surface area is 146 Å². The minimum atomic E-state index is -0.732. The molecule has 3 fully saturated rings. The lowest BCUT2D eigenvalue weighted by Gasteiger charge is -2.40. The Hall–Kier alpha value is -1.53. The van der Waals surface area contributed by atoms with Crippen molar-refractivity contribution in [3.63, 3.8) is 0 Å². The van der Waals surface area contributed by atoms with Crippen molar-refractivity contribution in [1.82, 2.24) is 9.80 Å². The van der Waals surface area contributed by atoms with Crippen LogP contribution in [-0.4, -0.2) is 59.1 Å². The number of nitrogens with zero attached hydrogens (tertiary/aromatic N) is 2. The molecule has 0 spiro atoms. The highest BCUT2D eigenvalue weighted by atomic mass is 19.1. The van der Waals surface area contributed by atoms with Crippen LogP contribution in [0.15, 0.2) is 18.2 Å². The molecule has 136 valence electrons. The zero-order valence-electron chi connectivity index (χ0n) is 14.2. The van der Waals surface area contributed by atoms with Gasteiger partial charge in [-0.05, 0) is 62.7 Å². The SMILES string of the molecule is O=C(c1cc(F)cc(F)c1)N1C[C@H]2C[C@@H](N3CCCC3)[C@H](O)C[C@H]2C1. The van der Waals surface area contributed by atoms with Crippen LogP contribution in [0, 0.1) is 23.5 Å². The normalized spacial score (nSPS) is 32.8. The van der Waals surface area contributed by atoms with Gasteiger partial charge in [-0.15, -0.1) is 0 Å². The maximum absolute atomic E-state index is 13.4. The molecule has 4 rings (SSSR count). The van der Waals surface area contributed by atoms with Crippen LogP contribution in [0.4, 0.5) is 8.78 Å². The van der Waals surface area contributed by atoms with Gasteiger partial charge in [0, 0.05) is 30.8 Å². The van der Waals surface area contributed by atoms with Crippen LogP contribution in [0.5, 0.6) is 0 Å². The molecule has 0 unspecified atom stereocenters. The van der Waals surface area contributed by atoms with Crippen molar-refractivity contribution in [2.75, 3.05) is 26.2 Å². The van der Waals surface area contributed by atoms with Gasteiger partial charge in [-0.3, -0.25) is 9.69 Å². The summed E-state index contributed by atoms with van der Waals surface area (Å²) in [5.74, 6) is -1.15. The predicted molar refractivity (Wildman–Crippen MR) is 89.1 cm³/mol. The smallest absolute Gasteiger partial charge is 0.254 e. The van der Waals surface area contributed by atoms with Crippen LogP contribution >= 0.6 is 0 Å². The fourth-order valence-corrected chi connectivity index (χ4v) is 4.90. The molecule has 25 heavy (non-hydrogen) atoms. The minimum absolute atomic E-state index is 0.0628. The number of aliphatic hydroxyl groups is 1. The summed E-state index contributed by atoms with van der Waals surface area (Å²) >= 11 is 0. The molecule has 6 heteroatoms. The number of amides is 1. The summed E-state index contributed by atoms with van der Waals surface area (Å²) in [6, 6.07) is 3.15. The maximum Gasteiger partial charge on any atom is 0.254 e. The fourth-order valence-electron chi connectivity index (χ4n) is 4.90. The molecule has 0 aromatic heterocycles. The third-order valence-electron chi connectivity index (χ3n) is 6.12. The number of likely N-dealkylation sites (tertiary alicyclic amines) is 2. The molecule has 0 bridgehead atoms. The van der Waals surface area contributed by atoms with Crippen molar-refractivity contribution in [3.8, 4) is 0 Å². The fraction of sp³-hybridized carbons (Fsp3) is 0.632. The summed E-state index contributed by atoms with van der Waals surface area (Å²) in [4.78, 5) is 16.7. The Bertz CT molecular complexity index is 643. The number of aliphatic hydroxyl groups excluding tert-OH is 1. The molecule has 1 aromatic carbocycles. The first-order chi connectivity index (χ1) is 12.0. The van der Waals surface area contributed by atoms with E-state index in [4.69, 9.17) is 0 Å². The van der Waals surface area contributed by atoms with Gasteiger partial charge < -0.3 is 10.0 Å². The number of carbonyl (C=O) groups is 1. The molecule has 1 N–H and O–H groups in total. The highest BCUT2D eigenvalue weighted by Gasteiger charge is 2.45. The van der Waals surface area contributed by atoms with Crippen LogP contribution < -0.4 is 0 Å². The van der Waals surface area contributed by atoms with E-state index in [-0.39, 0.29) is 29.5 Å². The van der Waals surface area contributed by atoms with Crippen molar-refractivity contribution in [1.29, 1.82) is 0 Å². The first-order valence-electron chi connectivity index (χ1n) is 9.19. The van der Waals surface area contributed by atoms with Crippen LogP contribution in [-0.2, 0) is 0 Å². The minimum Gasteiger partial charge on any atom is -0.391 e. The number of hydrogen-bond acceptors (Lipinski definition) is 3. The molecular weight excluding hydrogens is 326 g/mol. The van der Waals surface area contributed by atoms with E-state index < -0.39 is 11.6 Å². The number of hydrogen-bond donors (Lipinski definition) is 1. The number of fused-ring (bicyclic) bond motifs is 1. The van der Waals surface area contributed by atoms with E-state index in [0.29, 0.717) is 25.4 Å². The molecule has 3 aliphatic rings. The summed E-state index contributed by atoms with van der Waals surface area (Å²) in [5, 5.41) is 10.5. The summed E-state index contributed by atoms with van der Waals surface area (Å²) in [7, 11) is 0. The molecule has 2 saturated heterocycles. The summed E-state index contributed by atoms with van der Waals surface area (Å²) in [6.07, 6.45) is 3.63. The van der Waals surface area contributed by atoms with Gasteiger partial charge in [-0.1, -0.05) is 0 Å². The van der Waals surface area contributed by atoms with Crippen molar-refractivity contribution in [2.24, 2.45) is 11.8 Å². The van der Waals surface area contributed by atoms with E-state index in [1.165, 1.54) is 12.8 Å². The Morgan fingerprint density at radius 3 is 2.24 bits per heavy atom. The monoisotopic (exact) mass is 350 g/mol. The second kappa shape index (κ2) is 6.65. The van der Waals surface area contributed by atoms with Gasteiger partial charge in [-0.2, -0.15) is 0 Å². The third-order valence-corrected chi connectivity index (χ3v) is 6.12. The lowest BCUT2D eigenvalue weighted by Crippen LogP contribution is -2.48. The average Bonchev–Trinajstić information content (AvgIpc) is 3.21. The molecule has 4 atom stereocenters. The average molecular weight is 350 g/mol. The first kappa shape index (κ1) is 16.9. The Balaban J connectivity index is 1.46. The molecule has 1 aromatic rings. The van der Waals surface area contributed by atoms with E-state index in [2.05, 4.69) is 4.90 Å². The zero-order chi connectivity index (χ0) is 17.6. The lowest BCUT2D eigenvalue weighted by atomic mass is 9.77. The molecule has 0 radical (unpaired) electrons. The zero-order valence-corrected chi connectivity index (χ0v) is 14.2. The van der Waals surface area contributed by atoms with Gasteiger partial charge in [0.25, 0.3) is 5.91 Å². The third kappa shape index (κ3) is 3.29. The van der Waals surface area contributed by atoms with Crippen molar-refractivity contribution < 1.29 is 18.7 Å². The highest BCUT2D eigenvalue weighted by molar-refractivity contribution is 5.94. The molecule has 4 nitrogen and oxygen atoms in total. The predicted octanol–water partition coefficient (Wildman–Crippen LogP) is 2.27. The largest absolute Gasteiger partial charge is 0.391 e. The van der Waals surface area contributed by atoms with Crippen molar-refractivity contribution in [3.05, 3.63) is 35.4 Å². The highest BCUT2D eigenvalue weighted by Crippen LogP contribution is 2.39. The van der Waals surface area contributed by atoms with E-state index in [9.17, 15) is 18.7 Å². The van der Waals surface area contributed by atoms with E-state index >= 15 is 0 Å². The molecule has 2 aliphatic heterocycles. The van der Waals surface area contributed by atoms with E-state index in [1.54, 1.807) is 4.90 Å². The van der Waals surface area contributed by atoms with Gasteiger partial charge in [0.15, 0.2) is 0 Å². The molecule has 1 aliphatic carbocycles. The van der Waals surface area contributed by atoms with Gasteiger partial charge in [0.05, 0.1) is 6.10 Å². The summed E-state index contributed by atoms with van der Waals surface area (Å²) in [6.45, 7) is 3.26. The Morgan fingerprint density at radius 1 is 1.00 bits per heavy atom. The Morgan fingerprint density at radius 2 is 1.60 bits per heavy atom. The number of halogens is 2. The van der Waals surface area contributed by atoms with Crippen LogP contribution in [0.2, 0.25) is 0 Å². The van der Waals surface area contributed by atoms with Crippen LogP contribution in [0.1, 0.15) is 36.0 Å². The van der Waals surface area contributed by atoms with E-state index in [0.717, 1.165) is 37.7 Å². The summed E-state index contributed by atoms with van der Waals surface area (Å²) < 4.78 is 26.8. The van der Waals surface area contributed by atoms with Gasteiger partial charge in [0.2, 0.25) is 0 Å². The molecule has 1 saturated carbocycles.